The maximum atomic E-state index is 13.3. The van der Waals surface area contributed by atoms with Crippen LogP contribution in [-0.2, 0) is 6.61 Å². The molecule has 8 heteroatoms. The van der Waals surface area contributed by atoms with Crippen molar-refractivity contribution in [1.29, 1.82) is 0 Å². The van der Waals surface area contributed by atoms with Gasteiger partial charge in [-0.25, -0.2) is 13.8 Å². The Balaban J connectivity index is 1.35. The van der Waals surface area contributed by atoms with Crippen molar-refractivity contribution in [2.45, 2.75) is 6.61 Å². The molecule has 0 N–H and O–H groups in total. The summed E-state index contributed by atoms with van der Waals surface area (Å²) < 4.78 is 32.2. The summed E-state index contributed by atoms with van der Waals surface area (Å²) >= 11 is 1.42. The van der Waals surface area contributed by atoms with Crippen molar-refractivity contribution in [1.82, 2.24) is 14.8 Å². The zero-order valence-corrected chi connectivity index (χ0v) is 18.3. The Morgan fingerprint density at radius 2 is 1.78 bits per heavy atom. The number of carbonyl (C=O) groups is 1. The fraction of sp³-hybridized carbons (Fsp3) is 0.250. The minimum absolute atomic E-state index is 0.0481. The second-order valence-electron chi connectivity index (χ2n) is 7.51. The quantitative estimate of drug-likeness (QED) is 0.488. The topological polar surface area (TPSA) is 45.7 Å². The summed E-state index contributed by atoms with van der Waals surface area (Å²) in [7, 11) is 0. The Morgan fingerprint density at radius 1 is 1.09 bits per heavy atom. The SMILES string of the molecule is C=CCN1CCN(C(=O)c2csc(-c3ccc(OCc4cc(F)cc(F)c4)cc3)n2)CC1. The number of ether oxygens (including phenoxy) is 1. The Labute approximate surface area is 189 Å². The molecular formula is C24H23F2N3O2S. The van der Waals surface area contributed by atoms with Gasteiger partial charge < -0.3 is 9.64 Å². The van der Waals surface area contributed by atoms with Gasteiger partial charge in [-0.05, 0) is 42.0 Å². The van der Waals surface area contributed by atoms with Gasteiger partial charge in [-0.1, -0.05) is 6.08 Å². The number of hydrogen-bond donors (Lipinski definition) is 0. The molecule has 0 radical (unpaired) electrons. The summed E-state index contributed by atoms with van der Waals surface area (Å²) in [6.45, 7) is 7.68. The fourth-order valence-corrected chi connectivity index (χ4v) is 4.34. The maximum absolute atomic E-state index is 13.3. The van der Waals surface area contributed by atoms with E-state index in [1.165, 1.54) is 23.5 Å². The van der Waals surface area contributed by atoms with Gasteiger partial charge in [0.15, 0.2) is 0 Å². The van der Waals surface area contributed by atoms with Gasteiger partial charge in [0, 0.05) is 49.7 Å². The Morgan fingerprint density at radius 3 is 2.44 bits per heavy atom. The second kappa shape index (κ2) is 10.0. The molecule has 32 heavy (non-hydrogen) atoms. The van der Waals surface area contributed by atoms with Gasteiger partial charge in [-0.15, -0.1) is 17.9 Å². The van der Waals surface area contributed by atoms with Gasteiger partial charge in [0.05, 0.1) is 0 Å². The van der Waals surface area contributed by atoms with Crippen LogP contribution in [0.5, 0.6) is 5.75 Å². The first kappa shape index (κ1) is 22.1. The zero-order valence-electron chi connectivity index (χ0n) is 17.5. The Kier molecular flexibility index (Phi) is 6.92. The molecule has 3 aromatic rings. The lowest BCUT2D eigenvalue weighted by molar-refractivity contribution is 0.0645. The minimum Gasteiger partial charge on any atom is -0.489 e. The molecule has 1 saturated heterocycles. The predicted octanol–water partition coefficient (Wildman–Crippen LogP) is 4.61. The van der Waals surface area contributed by atoms with Crippen molar-refractivity contribution in [2.75, 3.05) is 32.7 Å². The minimum atomic E-state index is -0.633. The molecule has 0 aliphatic carbocycles. The van der Waals surface area contributed by atoms with Gasteiger partial charge >= 0.3 is 0 Å². The number of halogens is 2. The van der Waals surface area contributed by atoms with E-state index >= 15 is 0 Å². The molecule has 0 unspecified atom stereocenters. The average Bonchev–Trinajstić information content (AvgIpc) is 3.28. The van der Waals surface area contributed by atoms with Crippen molar-refractivity contribution in [3.05, 3.63) is 83.4 Å². The summed E-state index contributed by atoms with van der Waals surface area (Å²) in [5, 5.41) is 2.54. The van der Waals surface area contributed by atoms with Gasteiger partial charge in [0.2, 0.25) is 0 Å². The molecule has 2 heterocycles. The van der Waals surface area contributed by atoms with Crippen LogP contribution in [0.15, 0.2) is 60.5 Å². The van der Waals surface area contributed by atoms with Crippen LogP contribution < -0.4 is 4.74 Å². The maximum Gasteiger partial charge on any atom is 0.273 e. The Bertz CT molecular complexity index is 1070. The lowest BCUT2D eigenvalue weighted by Gasteiger charge is -2.33. The van der Waals surface area contributed by atoms with E-state index in [9.17, 15) is 13.6 Å². The number of rotatable bonds is 7. The van der Waals surface area contributed by atoms with Crippen LogP contribution in [0.25, 0.3) is 10.6 Å². The first-order chi connectivity index (χ1) is 15.5. The van der Waals surface area contributed by atoms with E-state index in [2.05, 4.69) is 16.5 Å². The van der Waals surface area contributed by atoms with Crippen LogP contribution in [-0.4, -0.2) is 53.4 Å². The van der Waals surface area contributed by atoms with E-state index in [-0.39, 0.29) is 12.5 Å². The van der Waals surface area contributed by atoms with Crippen molar-refractivity contribution >= 4 is 17.2 Å². The second-order valence-corrected chi connectivity index (χ2v) is 8.37. The smallest absolute Gasteiger partial charge is 0.273 e. The number of thiazole rings is 1. The van der Waals surface area contributed by atoms with Crippen LogP contribution in [0.3, 0.4) is 0 Å². The van der Waals surface area contributed by atoms with Crippen molar-refractivity contribution in [3.63, 3.8) is 0 Å². The van der Waals surface area contributed by atoms with Crippen LogP contribution in [0.2, 0.25) is 0 Å². The number of nitrogens with zero attached hydrogens (tertiary/aromatic N) is 3. The third-order valence-electron chi connectivity index (χ3n) is 5.20. The van der Waals surface area contributed by atoms with E-state index in [1.807, 2.05) is 23.1 Å². The molecule has 1 aliphatic rings. The number of piperazine rings is 1. The lowest BCUT2D eigenvalue weighted by atomic mass is 10.2. The summed E-state index contributed by atoms with van der Waals surface area (Å²) in [4.78, 5) is 21.4. The summed E-state index contributed by atoms with van der Waals surface area (Å²) in [5.74, 6) is -0.741. The molecular weight excluding hydrogens is 432 g/mol. The summed E-state index contributed by atoms with van der Waals surface area (Å²) in [6, 6.07) is 10.6. The Hall–Kier alpha value is -3.10. The molecule has 5 nitrogen and oxygen atoms in total. The molecule has 0 atom stereocenters. The highest BCUT2D eigenvalue weighted by atomic mass is 32.1. The average molecular weight is 456 g/mol. The van der Waals surface area contributed by atoms with Gasteiger partial charge in [0.1, 0.15) is 34.7 Å². The fourth-order valence-electron chi connectivity index (χ4n) is 3.54. The first-order valence-corrected chi connectivity index (χ1v) is 11.2. The van der Waals surface area contributed by atoms with E-state index in [0.717, 1.165) is 36.3 Å². The standard InChI is InChI=1S/C24H23F2N3O2S/c1-2-7-28-8-10-29(11-9-28)24(30)22-16-32-23(27-22)18-3-5-21(6-4-18)31-15-17-12-19(25)14-20(26)13-17/h2-6,12-14,16H,1,7-11,15H2. The van der Waals surface area contributed by atoms with Gasteiger partial charge in [0.25, 0.3) is 5.91 Å². The third-order valence-corrected chi connectivity index (χ3v) is 6.09. The number of benzene rings is 2. The monoisotopic (exact) mass is 455 g/mol. The number of hydrogen-bond acceptors (Lipinski definition) is 5. The molecule has 0 saturated carbocycles. The number of carbonyl (C=O) groups excluding carboxylic acids is 1. The highest BCUT2D eigenvalue weighted by Gasteiger charge is 2.23. The molecule has 4 rings (SSSR count). The third kappa shape index (κ3) is 5.38. The van der Waals surface area contributed by atoms with Crippen molar-refractivity contribution in [2.24, 2.45) is 0 Å². The summed E-state index contributed by atoms with van der Waals surface area (Å²) in [6.07, 6.45) is 1.88. The molecule has 1 amide bonds. The normalized spacial score (nSPS) is 14.4. The lowest BCUT2D eigenvalue weighted by Crippen LogP contribution is -2.48. The zero-order chi connectivity index (χ0) is 22.5. The van der Waals surface area contributed by atoms with Crippen LogP contribution in [0.4, 0.5) is 8.78 Å². The molecule has 0 spiro atoms. The van der Waals surface area contributed by atoms with E-state index < -0.39 is 11.6 Å². The molecule has 1 aliphatic heterocycles. The van der Waals surface area contributed by atoms with E-state index in [4.69, 9.17) is 4.74 Å². The van der Waals surface area contributed by atoms with Crippen LogP contribution >= 0.6 is 11.3 Å². The van der Waals surface area contributed by atoms with Crippen molar-refractivity contribution < 1.29 is 18.3 Å². The summed E-state index contributed by atoms with van der Waals surface area (Å²) in [5.41, 5.74) is 1.74. The molecule has 166 valence electrons. The van der Waals surface area contributed by atoms with E-state index in [0.29, 0.717) is 30.1 Å². The number of amides is 1. The molecule has 1 aromatic heterocycles. The van der Waals surface area contributed by atoms with Crippen LogP contribution in [0.1, 0.15) is 16.1 Å². The highest BCUT2D eigenvalue weighted by molar-refractivity contribution is 7.13. The molecule has 0 bridgehead atoms. The van der Waals surface area contributed by atoms with E-state index in [1.54, 1.807) is 17.5 Å². The van der Waals surface area contributed by atoms with Crippen LogP contribution in [0, 0.1) is 11.6 Å². The van der Waals surface area contributed by atoms with Crippen molar-refractivity contribution in [3.8, 4) is 16.3 Å². The van der Waals surface area contributed by atoms with Gasteiger partial charge in [-0.2, -0.15) is 0 Å². The molecule has 1 fully saturated rings. The molecule has 2 aromatic carbocycles. The highest BCUT2D eigenvalue weighted by Crippen LogP contribution is 2.27. The van der Waals surface area contributed by atoms with Gasteiger partial charge in [-0.3, -0.25) is 9.69 Å². The number of aromatic nitrogens is 1. The first-order valence-electron chi connectivity index (χ1n) is 10.3. The predicted molar refractivity (Wildman–Crippen MR) is 121 cm³/mol. The largest absolute Gasteiger partial charge is 0.489 e.